The van der Waals surface area contributed by atoms with Gasteiger partial charge in [0, 0.05) is 17.3 Å². The average molecular weight is 607 g/mol. The van der Waals surface area contributed by atoms with Crippen molar-refractivity contribution in [2.45, 2.75) is 78.1 Å². The number of anilines is 1. The van der Waals surface area contributed by atoms with Crippen LogP contribution >= 0.6 is 0 Å². The number of nitrogens with one attached hydrogen (secondary N) is 1. The molecule has 10 heteroatoms. The second-order valence-electron chi connectivity index (χ2n) is 12.3. The van der Waals surface area contributed by atoms with E-state index in [1.54, 1.807) is 39.0 Å². The van der Waals surface area contributed by atoms with Gasteiger partial charge < -0.3 is 18.6 Å². The fourth-order valence-corrected chi connectivity index (χ4v) is 4.10. The van der Waals surface area contributed by atoms with Crippen LogP contribution in [0, 0.1) is 23.7 Å². The van der Waals surface area contributed by atoms with Crippen molar-refractivity contribution < 1.29 is 33.0 Å². The van der Waals surface area contributed by atoms with E-state index in [0.717, 1.165) is 0 Å². The van der Waals surface area contributed by atoms with Gasteiger partial charge in [-0.15, -0.1) is 0 Å². The Hall–Kier alpha value is -4.12. The fraction of sp³-hybridized carbons (Fsp3) is 0.455. The van der Waals surface area contributed by atoms with Crippen LogP contribution in [0.1, 0.15) is 63.8 Å². The summed E-state index contributed by atoms with van der Waals surface area (Å²) in [7, 11) is -0.576. The molecule has 0 saturated heterocycles. The lowest BCUT2D eigenvalue weighted by molar-refractivity contribution is -0.141. The molecule has 0 saturated carbocycles. The minimum atomic E-state index is -1.91. The molecule has 43 heavy (non-hydrogen) atoms. The maximum absolute atomic E-state index is 12.3. The van der Waals surface area contributed by atoms with Gasteiger partial charge in [-0.25, -0.2) is 9.78 Å². The number of ether oxygens (including phenoxy) is 3. The third-order valence-corrected chi connectivity index (χ3v) is 10.9. The van der Waals surface area contributed by atoms with Crippen LogP contribution < -0.4 is 5.32 Å². The highest BCUT2D eigenvalue weighted by Gasteiger charge is 2.36. The molecule has 1 heterocycles. The number of benzene rings is 1. The molecule has 2 aromatic rings. The molecule has 230 valence electrons. The Morgan fingerprint density at radius 2 is 1.47 bits per heavy atom. The maximum Gasteiger partial charge on any atom is 0.413 e. The van der Waals surface area contributed by atoms with Crippen LogP contribution in [-0.4, -0.2) is 57.3 Å². The molecule has 0 unspecified atom stereocenters. The van der Waals surface area contributed by atoms with Gasteiger partial charge in [0.05, 0.1) is 26.6 Å². The van der Waals surface area contributed by atoms with Crippen molar-refractivity contribution in [2.24, 2.45) is 0 Å². The molecule has 0 aliphatic rings. The quantitative estimate of drug-likeness (QED) is 0.177. The van der Waals surface area contributed by atoms with Gasteiger partial charge in [-0.3, -0.25) is 14.9 Å². The van der Waals surface area contributed by atoms with Gasteiger partial charge in [0.2, 0.25) is 0 Å². The minimum Gasteiger partial charge on any atom is -0.469 e. The molecule has 0 aliphatic carbocycles. The Labute approximate surface area is 256 Å². The summed E-state index contributed by atoms with van der Waals surface area (Å²) >= 11 is 0. The van der Waals surface area contributed by atoms with E-state index in [0.29, 0.717) is 34.7 Å². The third-order valence-electron chi connectivity index (χ3n) is 6.45. The monoisotopic (exact) mass is 606 g/mol. The zero-order valence-corrected chi connectivity index (χ0v) is 27.6. The van der Waals surface area contributed by atoms with E-state index in [1.807, 2.05) is 12.1 Å². The number of rotatable bonds is 8. The average Bonchev–Trinajstić information content (AvgIpc) is 2.88. The number of amides is 1. The van der Waals surface area contributed by atoms with Crippen LogP contribution in [0.3, 0.4) is 0 Å². The van der Waals surface area contributed by atoms with Gasteiger partial charge in [0.1, 0.15) is 11.4 Å². The summed E-state index contributed by atoms with van der Waals surface area (Å²) in [5, 5.41) is 2.62. The lowest BCUT2D eigenvalue weighted by Crippen LogP contribution is -2.40. The fourth-order valence-electron chi connectivity index (χ4n) is 3.23. The normalized spacial score (nSPS) is 11.3. The Kier molecular flexibility index (Phi) is 12.5. The molecule has 1 aromatic carbocycles. The van der Waals surface area contributed by atoms with Crippen LogP contribution in [0.2, 0.25) is 18.1 Å². The van der Waals surface area contributed by atoms with Gasteiger partial charge in [-0.1, -0.05) is 50.5 Å². The second-order valence-corrected chi connectivity index (χ2v) is 17.1. The van der Waals surface area contributed by atoms with Crippen LogP contribution in [-0.2, 0) is 41.1 Å². The summed E-state index contributed by atoms with van der Waals surface area (Å²) in [5.41, 5.74) is 2.02. The highest BCUT2D eigenvalue weighted by Crippen LogP contribution is 2.36. The van der Waals surface area contributed by atoms with Crippen molar-refractivity contribution >= 4 is 32.2 Å². The largest absolute Gasteiger partial charge is 0.469 e. The SMILES string of the molecule is COC(=O)Cc1cc(C#CCOC(=O)Cc2ccc(NC(=O)OC(C)(C)C)nc2)cc(C#CCO[Si](C)(C)C(C)(C)C)c1. The van der Waals surface area contributed by atoms with Crippen LogP contribution in [0.15, 0.2) is 36.5 Å². The van der Waals surface area contributed by atoms with E-state index in [9.17, 15) is 14.4 Å². The van der Waals surface area contributed by atoms with E-state index >= 15 is 0 Å². The predicted molar refractivity (Wildman–Crippen MR) is 168 cm³/mol. The van der Waals surface area contributed by atoms with Crippen molar-refractivity contribution in [1.29, 1.82) is 0 Å². The molecule has 1 amide bonds. The summed E-state index contributed by atoms with van der Waals surface area (Å²) in [4.78, 5) is 40.2. The molecule has 0 spiro atoms. The van der Waals surface area contributed by atoms with Crippen molar-refractivity contribution in [1.82, 2.24) is 4.98 Å². The van der Waals surface area contributed by atoms with Gasteiger partial charge in [-0.2, -0.15) is 0 Å². The molecule has 0 radical (unpaired) electrons. The molecular formula is C33H42N2O7Si. The van der Waals surface area contributed by atoms with E-state index in [1.165, 1.54) is 13.3 Å². The first kappa shape index (κ1) is 35.1. The first-order chi connectivity index (χ1) is 20.0. The first-order valence-electron chi connectivity index (χ1n) is 13.9. The molecule has 0 atom stereocenters. The van der Waals surface area contributed by atoms with E-state index < -0.39 is 26.0 Å². The minimum absolute atomic E-state index is 0.00724. The highest BCUT2D eigenvalue weighted by atomic mass is 28.4. The van der Waals surface area contributed by atoms with Gasteiger partial charge >= 0.3 is 18.0 Å². The van der Waals surface area contributed by atoms with Gasteiger partial charge in [0.15, 0.2) is 14.9 Å². The topological polar surface area (TPSA) is 113 Å². The predicted octanol–water partition coefficient (Wildman–Crippen LogP) is 5.65. The van der Waals surface area contributed by atoms with Crippen LogP contribution in [0.4, 0.5) is 10.6 Å². The van der Waals surface area contributed by atoms with Crippen molar-refractivity contribution in [3.63, 3.8) is 0 Å². The maximum atomic E-state index is 12.3. The standard InChI is InChI=1S/C33H42N2O7Si/c1-32(2,3)42-31(38)35-28-15-14-26(23-34-28)21-30(37)40-16-10-12-24-18-25(20-27(19-24)22-29(36)39-7)13-11-17-41-43(8,9)33(4,5)6/h14-15,18-20,23H,16-17,21-22H2,1-9H3,(H,34,35,38). The van der Waals surface area contributed by atoms with E-state index in [-0.39, 0.29) is 30.5 Å². The molecule has 0 aliphatic heterocycles. The number of pyridine rings is 1. The third kappa shape index (κ3) is 13.2. The van der Waals surface area contributed by atoms with Gasteiger partial charge in [0.25, 0.3) is 0 Å². The summed E-state index contributed by atoms with van der Waals surface area (Å²) in [6.07, 6.45) is 0.936. The van der Waals surface area contributed by atoms with E-state index in [2.05, 4.69) is 67.8 Å². The van der Waals surface area contributed by atoms with Crippen molar-refractivity contribution in [2.75, 3.05) is 25.6 Å². The number of carbonyl (C=O) groups is 3. The summed E-state index contributed by atoms with van der Waals surface area (Å²) in [6, 6.07) is 8.66. The summed E-state index contributed by atoms with van der Waals surface area (Å²) < 4.78 is 21.4. The molecule has 0 bridgehead atoms. The number of nitrogens with zero attached hydrogens (tertiary/aromatic N) is 1. The molecule has 1 aromatic heterocycles. The summed E-state index contributed by atoms with van der Waals surface area (Å²) in [5.74, 6) is 11.5. The van der Waals surface area contributed by atoms with Crippen LogP contribution in [0.25, 0.3) is 0 Å². The molecule has 9 nitrogen and oxygen atoms in total. The number of aromatic nitrogens is 1. The number of hydrogen-bond acceptors (Lipinski definition) is 8. The molecular weight excluding hydrogens is 564 g/mol. The van der Waals surface area contributed by atoms with Crippen LogP contribution in [0.5, 0.6) is 0 Å². The Balaban J connectivity index is 2.00. The Morgan fingerprint density at radius 3 is 2.00 bits per heavy atom. The van der Waals surface area contributed by atoms with E-state index in [4.69, 9.17) is 18.6 Å². The zero-order valence-electron chi connectivity index (χ0n) is 26.6. The lowest BCUT2D eigenvalue weighted by atomic mass is 10.0. The number of esters is 2. The molecule has 1 N–H and O–H groups in total. The number of hydrogen-bond donors (Lipinski definition) is 1. The summed E-state index contributed by atoms with van der Waals surface area (Å²) in [6.45, 7) is 16.4. The Morgan fingerprint density at radius 1 is 0.860 bits per heavy atom. The van der Waals surface area contributed by atoms with Gasteiger partial charge in [-0.05, 0) is 74.3 Å². The van der Waals surface area contributed by atoms with Crippen molar-refractivity contribution in [3.05, 3.63) is 58.8 Å². The second kappa shape index (κ2) is 15.4. The molecule has 2 rings (SSSR count). The highest BCUT2D eigenvalue weighted by molar-refractivity contribution is 6.74. The smallest absolute Gasteiger partial charge is 0.413 e. The number of carbonyl (C=O) groups excluding carboxylic acids is 3. The number of methoxy groups -OCH3 is 1. The van der Waals surface area contributed by atoms with Crippen molar-refractivity contribution in [3.8, 4) is 23.7 Å². The first-order valence-corrected chi connectivity index (χ1v) is 16.8. The Bertz CT molecular complexity index is 1410. The molecule has 0 fully saturated rings. The zero-order chi connectivity index (χ0) is 32.3. The lowest BCUT2D eigenvalue weighted by Gasteiger charge is -2.35.